The molecule has 2 aliphatic heterocycles. The normalized spacial score (nSPS) is 19.6. The predicted octanol–water partition coefficient (Wildman–Crippen LogP) is 3.09. The lowest BCUT2D eigenvalue weighted by Crippen LogP contribution is -2.45. The highest BCUT2D eigenvalue weighted by Gasteiger charge is 2.31. The van der Waals surface area contributed by atoms with Crippen LogP contribution in [0.5, 0.6) is 5.75 Å². The summed E-state index contributed by atoms with van der Waals surface area (Å²) in [6.45, 7) is 4.53. The first-order valence-corrected chi connectivity index (χ1v) is 11.9. The average molecular weight is 464 g/mol. The molecule has 0 spiro atoms. The summed E-state index contributed by atoms with van der Waals surface area (Å²) in [5.41, 5.74) is 1.54. The lowest BCUT2D eigenvalue weighted by molar-refractivity contribution is -0.134. The number of likely N-dealkylation sites (tertiary alicyclic amines) is 1. The maximum Gasteiger partial charge on any atom is 0.234 e. The van der Waals surface area contributed by atoms with Crippen LogP contribution in [0.4, 0.5) is 0 Å². The highest BCUT2D eigenvalue weighted by molar-refractivity contribution is 6.10. The van der Waals surface area contributed by atoms with Crippen LogP contribution in [0.2, 0.25) is 0 Å². The zero-order valence-corrected chi connectivity index (χ0v) is 19.3. The molecule has 2 N–H and O–H groups in total. The van der Waals surface area contributed by atoms with Gasteiger partial charge in [-0.3, -0.25) is 19.7 Å². The molecule has 1 aromatic heterocycles. The fourth-order valence-electron chi connectivity index (χ4n) is 5.04. The Kier molecular flexibility index (Phi) is 6.24. The molecule has 0 saturated carbocycles. The van der Waals surface area contributed by atoms with Crippen molar-refractivity contribution in [2.75, 3.05) is 26.2 Å². The van der Waals surface area contributed by atoms with Crippen LogP contribution in [-0.4, -0.2) is 54.9 Å². The minimum atomic E-state index is -0.395. The molecule has 178 valence electrons. The van der Waals surface area contributed by atoms with E-state index >= 15 is 0 Å². The number of furan rings is 1. The SMILES string of the molecule is CC(=O)N1CCC(NCCOc2ccc3c(ccc4occ(C5CCC(=O)NC5=O)c43)c2)CC1. The third kappa shape index (κ3) is 4.50. The largest absolute Gasteiger partial charge is 0.492 e. The van der Waals surface area contributed by atoms with E-state index in [1.165, 1.54) is 0 Å². The second-order valence-electron chi connectivity index (χ2n) is 9.10. The number of piperidine rings is 2. The van der Waals surface area contributed by atoms with Crippen LogP contribution >= 0.6 is 0 Å². The first kappa shape index (κ1) is 22.4. The van der Waals surface area contributed by atoms with Crippen molar-refractivity contribution in [1.29, 1.82) is 0 Å². The standard InChI is InChI=1S/C26H29N3O5/c1-16(30)29-11-8-18(9-12-29)27-10-13-33-19-3-4-20-17(14-19)2-6-23-25(20)22(15-34-23)21-5-7-24(31)28-26(21)32/h2-4,6,14-15,18,21,27H,5,7-13H2,1H3,(H,28,31,32). The molecule has 2 aliphatic rings. The number of hydrogen-bond donors (Lipinski definition) is 2. The molecule has 2 saturated heterocycles. The van der Waals surface area contributed by atoms with Crippen molar-refractivity contribution >= 4 is 39.5 Å². The maximum atomic E-state index is 12.4. The first-order chi connectivity index (χ1) is 16.5. The number of ether oxygens (including phenoxy) is 1. The van der Waals surface area contributed by atoms with Gasteiger partial charge < -0.3 is 19.4 Å². The van der Waals surface area contributed by atoms with E-state index in [0.717, 1.165) is 65.5 Å². The Hall–Kier alpha value is -3.39. The third-order valence-electron chi connectivity index (χ3n) is 6.91. The van der Waals surface area contributed by atoms with Crippen molar-refractivity contribution in [2.24, 2.45) is 0 Å². The first-order valence-electron chi connectivity index (χ1n) is 11.9. The maximum absolute atomic E-state index is 12.4. The van der Waals surface area contributed by atoms with Gasteiger partial charge in [0.1, 0.15) is 17.9 Å². The highest BCUT2D eigenvalue weighted by atomic mass is 16.5. The fraction of sp³-hybridized carbons (Fsp3) is 0.423. The molecule has 0 radical (unpaired) electrons. The fourth-order valence-corrected chi connectivity index (χ4v) is 5.04. The van der Waals surface area contributed by atoms with E-state index in [0.29, 0.717) is 25.5 Å². The van der Waals surface area contributed by atoms with E-state index in [2.05, 4.69) is 10.6 Å². The van der Waals surface area contributed by atoms with Crippen molar-refractivity contribution in [3.63, 3.8) is 0 Å². The lowest BCUT2D eigenvalue weighted by atomic mass is 9.89. The van der Waals surface area contributed by atoms with Crippen LogP contribution in [0.15, 0.2) is 41.0 Å². The molecule has 3 aromatic rings. The van der Waals surface area contributed by atoms with Gasteiger partial charge in [-0.05, 0) is 54.3 Å². The number of hydrogen-bond acceptors (Lipinski definition) is 6. The van der Waals surface area contributed by atoms with E-state index < -0.39 is 5.92 Å². The number of carbonyl (C=O) groups excluding carboxylic acids is 3. The quantitative estimate of drug-likeness (QED) is 0.430. The summed E-state index contributed by atoms with van der Waals surface area (Å²) in [7, 11) is 0. The summed E-state index contributed by atoms with van der Waals surface area (Å²) in [6.07, 6.45) is 4.38. The van der Waals surface area contributed by atoms with Crippen LogP contribution in [0.25, 0.3) is 21.7 Å². The van der Waals surface area contributed by atoms with E-state index in [-0.39, 0.29) is 17.7 Å². The van der Waals surface area contributed by atoms with Gasteiger partial charge >= 0.3 is 0 Å². The number of rotatable bonds is 6. The third-order valence-corrected chi connectivity index (χ3v) is 6.91. The predicted molar refractivity (Wildman–Crippen MR) is 128 cm³/mol. The van der Waals surface area contributed by atoms with Crippen LogP contribution in [0.1, 0.15) is 44.1 Å². The second kappa shape index (κ2) is 9.46. The Morgan fingerprint density at radius 1 is 1.18 bits per heavy atom. The molecule has 1 atom stereocenters. The summed E-state index contributed by atoms with van der Waals surface area (Å²) in [6, 6.07) is 10.3. The Balaban J connectivity index is 1.24. The van der Waals surface area contributed by atoms with Gasteiger partial charge in [0.2, 0.25) is 17.7 Å². The summed E-state index contributed by atoms with van der Waals surface area (Å²) >= 11 is 0. The van der Waals surface area contributed by atoms with Gasteiger partial charge in [-0.15, -0.1) is 0 Å². The molecule has 0 bridgehead atoms. The lowest BCUT2D eigenvalue weighted by Gasteiger charge is -2.31. The number of imide groups is 1. The molecule has 8 heteroatoms. The van der Waals surface area contributed by atoms with E-state index in [1.807, 2.05) is 35.2 Å². The number of benzene rings is 2. The number of carbonyl (C=O) groups is 3. The Labute approximate surface area is 197 Å². The summed E-state index contributed by atoms with van der Waals surface area (Å²) in [5.74, 6) is 0.0436. The Bertz CT molecular complexity index is 1240. The molecular weight excluding hydrogens is 434 g/mol. The van der Waals surface area contributed by atoms with Crippen LogP contribution in [-0.2, 0) is 14.4 Å². The molecular formula is C26H29N3O5. The van der Waals surface area contributed by atoms with E-state index in [9.17, 15) is 14.4 Å². The topological polar surface area (TPSA) is 101 Å². The monoisotopic (exact) mass is 463 g/mol. The molecule has 5 rings (SSSR count). The summed E-state index contributed by atoms with van der Waals surface area (Å²) in [4.78, 5) is 37.3. The number of amides is 3. The Morgan fingerprint density at radius 2 is 2.00 bits per heavy atom. The minimum Gasteiger partial charge on any atom is -0.492 e. The average Bonchev–Trinajstić information content (AvgIpc) is 3.26. The molecule has 0 aliphatic carbocycles. The second-order valence-corrected chi connectivity index (χ2v) is 9.10. The molecule has 34 heavy (non-hydrogen) atoms. The number of nitrogens with zero attached hydrogens (tertiary/aromatic N) is 1. The van der Waals surface area contributed by atoms with E-state index in [4.69, 9.17) is 9.15 Å². The van der Waals surface area contributed by atoms with Crippen molar-refractivity contribution in [3.05, 3.63) is 42.2 Å². The smallest absolute Gasteiger partial charge is 0.234 e. The minimum absolute atomic E-state index is 0.148. The zero-order chi connectivity index (χ0) is 23.7. The molecule has 8 nitrogen and oxygen atoms in total. The van der Waals surface area contributed by atoms with Crippen molar-refractivity contribution in [2.45, 2.75) is 44.6 Å². The highest BCUT2D eigenvalue weighted by Crippen LogP contribution is 2.37. The van der Waals surface area contributed by atoms with Crippen LogP contribution in [0, 0.1) is 0 Å². The summed E-state index contributed by atoms with van der Waals surface area (Å²) < 4.78 is 11.7. The Morgan fingerprint density at radius 3 is 2.76 bits per heavy atom. The molecule has 2 fully saturated rings. The van der Waals surface area contributed by atoms with E-state index in [1.54, 1.807) is 13.2 Å². The van der Waals surface area contributed by atoms with Crippen LogP contribution < -0.4 is 15.4 Å². The van der Waals surface area contributed by atoms with Gasteiger partial charge in [0.05, 0.1) is 12.2 Å². The summed E-state index contributed by atoms with van der Waals surface area (Å²) in [5, 5.41) is 8.87. The van der Waals surface area contributed by atoms with Gasteiger partial charge in [-0.25, -0.2) is 0 Å². The van der Waals surface area contributed by atoms with Crippen molar-refractivity contribution < 1.29 is 23.5 Å². The van der Waals surface area contributed by atoms with Gasteiger partial charge in [-0.2, -0.15) is 0 Å². The molecule has 1 unspecified atom stereocenters. The zero-order valence-electron chi connectivity index (χ0n) is 19.3. The number of nitrogens with one attached hydrogen (secondary N) is 2. The molecule has 3 heterocycles. The molecule has 2 aromatic carbocycles. The van der Waals surface area contributed by atoms with Gasteiger partial charge in [0, 0.05) is 50.0 Å². The molecule has 3 amide bonds. The number of fused-ring (bicyclic) bond motifs is 3. The van der Waals surface area contributed by atoms with Gasteiger partial charge in [0.15, 0.2) is 0 Å². The van der Waals surface area contributed by atoms with Crippen molar-refractivity contribution in [3.8, 4) is 5.75 Å². The van der Waals surface area contributed by atoms with Gasteiger partial charge in [0.25, 0.3) is 0 Å². The van der Waals surface area contributed by atoms with Crippen molar-refractivity contribution in [1.82, 2.24) is 15.5 Å². The van der Waals surface area contributed by atoms with Gasteiger partial charge in [-0.1, -0.05) is 6.07 Å². The van der Waals surface area contributed by atoms with Crippen LogP contribution in [0.3, 0.4) is 0 Å².